The van der Waals surface area contributed by atoms with Crippen molar-refractivity contribution in [3.8, 4) is 0 Å². The molecule has 0 aromatic carbocycles. The van der Waals surface area contributed by atoms with Crippen LogP contribution < -0.4 is 10.2 Å². The number of aliphatic hydroxyl groups excluding tert-OH is 1. The molecule has 0 saturated carbocycles. The molecule has 0 fully saturated rings. The minimum atomic E-state index is -4.56. The zero-order chi connectivity index (χ0) is 29.4. The van der Waals surface area contributed by atoms with Gasteiger partial charge in [-0.1, -0.05) is 95.9 Å². The number of nitrogens with one attached hydrogen (secondary N) is 1. The van der Waals surface area contributed by atoms with Crippen LogP contribution in [0, 0.1) is 0 Å². The van der Waals surface area contributed by atoms with Gasteiger partial charge in [0.15, 0.2) is 0 Å². The Labute approximate surface area is 239 Å². The van der Waals surface area contributed by atoms with Gasteiger partial charge >= 0.3 is 0 Å². The summed E-state index contributed by atoms with van der Waals surface area (Å²) in [6.07, 6.45) is 23.3. The average molecular weight is 575 g/mol. The Kier molecular flexibility index (Phi) is 23.0. The number of hydrogen-bond donors (Lipinski definition) is 2. The molecule has 3 unspecified atom stereocenters. The molecule has 0 aromatic heterocycles. The summed E-state index contributed by atoms with van der Waals surface area (Å²) < 4.78 is 22.7. The van der Waals surface area contributed by atoms with E-state index >= 15 is 0 Å². The Balaban J connectivity index is 4.43. The molecule has 0 aliphatic heterocycles. The number of hydrogen-bond acceptors (Lipinski definition) is 6. The molecule has 0 spiro atoms. The van der Waals surface area contributed by atoms with Crippen LogP contribution in [0.15, 0.2) is 24.3 Å². The molecule has 0 radical (unpaired) electrons. The number of aliphatic hydroxyl groups is 1. The number of likely N-dealkylation sites (N-methyl/N-ethyl adjacent to an activating group) is 1. The van der Waals surface area contributed by atoms with E-state index in [9.17, 15) is 19.4 Å². The molecular formula is C30H59N2O6P. The molecule has 0 heterocycles. The van der Waals surface area contributed by atoms with E-state index < -0.39 is 26.6 Å². The first kappa shape index (κ1) is 38.0. The maximum atomic E-state index is 12.2. The third-order valence-electron chi connectivity index (χ3n) is 6.41. The van der Waals surface area contributed by atoms with Crippen LogP contribution in [0.2, 0.25) is 0 Å². The van der Waals surface area contributed by atoms with Gasteiger partial charge in [-0.05, 0) is 32.1 Å². The number of rotatable bonds is 26. The van der Waals surface area contributed by atoms with Gasteiger partial charge in [-0.15, -0.1) is 0 Å². The van der Waals surface area contributed by atoms with Crippen molar-refractivity contribution in [1.29, 1.82) is 0 Å². The van der Waals surface area contributed by atoms with Gasteiger partial charge in [0.1, 0.15) is 13.2 Å². The zero-order valence-electron chi connectivity index (χ0n) is 25.6. The van der Waals surface area contributed by atoms with Crippen molar-refractivity contribution >= 4 is 13.7 Å². The second-order valence-electron chi connectivity index (χ2n) is 11.5. The lowest BCUT2D eigenvalue weighted by Crippen LogP contribution is -2.45. The number of carbonyl (C=O) groups excluding carboxylic acids is 1. The number of amides is 1. The molecule has 0 saturated heterocycles. The van der Waals surface area contributed by atoms with Gasteiger partial charge < -0.3 is 28.8 Å². The van der Waals surface area contributed by atoms with Gasteiger partial charge in [-0.2, -0.15) is 0 Å². The topological polar surface area (TPSA) is 108 Å². The monoisotopic (exact) mass is 574 g/mol. The van der Waals surface area contributed by atoms with Crippen molar-refractivity contribution in [2.24, 2.45) is 0 Å². The molecule has 1 amide bonds. The smallest absolute Gasteiger partial charge is 0.268 e. The minimum Gasteiger partial charge on any atom is -0.756 e. The molecule has 9 heteroatoms. The number of quaternary nitrogens is 1. The van der Waals surface area contributed by atoms with E-state index in [1.807, 2.05) is 34.1 Å². The lowest BCUT2D eigenvalue weighted by Gasteiger charge is -2.29. The third-order valence-corrected chi connectivity index (χ3v) is 7.38. The first-order valence-corrected chi connectivity index (χ1v) is 16.7. The summed E-state index contributed by atoms with van der Waals surface area (Å²) in [4.78, 5) is 24.4. The van der Waals surface area contributed by atoms with Gasteiger partial charge in [0.2, 0.25) is 5.91 Å². The molecule has 230 valence electrons. The molecular weight excluding hydrogens is 515 g/mol. The third kappa shape index (κ3) is 25.7. The van der Waals surface area contributed by atoms with E-state index in [1.54, 1.807) is 6.08 Å². The molecule has 3 atom stereocenters. The lowest BCUT2D eigenvalue weighted by atomic mass is 10.1. The number of allylic oxidation sites excluding steroid dienone is 3. The Morgan fingerprint density at radius 1 is 0.872 bits per heavy atom. The summed E-state index contributed by atoms with van der Waals surface area (Å²) >= 11 is 0. The fourth-order valence-electron chi connectivity index (χ4n) is 3.85. The van der Waals surface area contributed by atoms with Crippen molar-refractivity contribution in [3.63, 3.8) is 0 Å². The van der Waals surface area contributed by atoms with E-state index in [0.717, 1.165) is 25.7 Å². The number of nitrogens with zero attached hydrogens (tertiary/aromatic N) is 1. The Morgan fingerprint density at radius 2 is 1.44 bits per heavy atom. The molecule has 0 rings (SSSR count). The van der Waals surface area contributed by atoms with Crippen molar-refractivity contribution in [2.75, 3.05) is 40.9 Å². The van der Waals surface area contributed by atoms with Crippen molar-refractivity contribution in [3.05, 3.63) is 24.3 Å². The largest absolute Gasteiger partial charge is 0.756 e. The normalized spacial score (nSPS) is 15.6. The van der Waals surface area contributed by atoms with E-state index in [4.69, 9.17) is 9.05 Å². The predicted octanol–water partition coefficient (Wildman–Crippen LogP) is 6.04. The molecule has 0 aromatic rings. The summed E-state index contributed by atoms with van der Waals surface area (Å²) in [5.41, 5.74) is 0. The van der Waals surface area contributed by atoms with Gasteiger partial charge in [-0.3, -0.25) is 9.36 Å². The van der Waals surface area contributed by atoms with E-state index in [0.29, 0.717) is 23.9 Å². The molecule has 0 bridgehead atoms. The summed E-state index contributed by atoms with van der Waals surface area (Å²) in [6, 6.07) is -0.892. The highest BCUT2D eigenvalue weighted by Crippen LogP contribution is 2.38. The molecule has 0 aliphatic carbocycles. The zero-order valence-corrected chi connectivity index (χ0v) is 26.5. The van der Waals surface area contributed by atoms with E-state index in [-0.39, 0.29) is 12.5 Å². The maximum Gasteiger partial charge on any atom is 0.268 e. The Hall–Kier alpha value is -1.02. The average Bonchev–Trinajstić information content (AvgIpc) is 2.86. The highest BCUT2D eigenvalue weighted by molar-refractivity contribution is 7.45. The molecule has 8 nitrogen and oxygen atoms in total. The fraction of sp³-hybridized carbons (Fsp3) is 0.833. The second kappa shape index (κ2) is 23.7. The van der Waals surface area contributed by atoms with Crippen LogP contribution in [0.3, 0.4) is 0 Å². The first-order chi connectivity index (χ1) is 18.5. The minimum absolute atomic E-state index is 0.00704. The number of unbranched alkanes of at least 4 members (excludes halogenated alkanes) is 11. The van der Waals surface area contributed by atoms with Gasteiger partial charge in [0.05, 0.1) is 39.9 Å². The Morgan fingerprint density at radius 3 is 2.05 bits per heavy atom. The Bertz CT molecular complexity index is 708. The number of carbonyl (C=O) groups is 1. The van der Waals surface area contributed by atoms with Crippen LogP contribution in [-0.4, -0.2) is 68.5 Å². The van der Waals surface area contributed by atoms with Crippen LogP contribution >= 0.6 is 7.82 Å². The summed E-state index contributed by atoms with van der Waals surface area (Å²) in [5.74, 6) is -0.246. The van der Waals surface area contributed by atoms with Crippen LogP contribution in [0.4, 0.5) is 0 Å². The van der Waals surface area contributed by atoms with Gasteiger partial charge in [0.25, 0.3) is 7.82 Å². The van der Waals surface area contributed by atoms with Crippen LogP contribution in [-0.2, 0) is 18.4 Å². The van der Waals surface area contributed by atoms with Crippen LogP contribution in [0.5, 0.6) is 0 Å². The lowest BCUT2D eigenvalue weighted by molar-refractivity contribution is -0.870. The summed E-state index contributed by atoms with van der Waals surface area (Å²) in [6.45, 7) is 4.32. The van der Waals surface area contributed by atoms with E-state index in [2.05, 4.69) is 24.4 Å². The quantitative estimate of drug-likeness (QED) is 0.0564. The highest BCUT2D eigenvalue weighted by Gasteiger charge is 2.23. The number of phosphoric acid groups is 1. The summed E-state index contributed by atoms with van der Waals surface area (Å²) in [5, 5.41) is 13.3. The highest BCUT2D eigenvalue weighted by atomic mass is 31.2. The van der Waals surface area contributed by atoms with Crippen molar-refractivity contribution in [1.82, 2.24) is 5.32 Å². The van der Waals surface area contributed by atoms with Gasteiger partial charge in [-0.25, -0.2) is 0 Å². The van der Waals surface area contributed by atoms with Gasteiger partial charge in [0, 0.05) is 6.42 Å². The maximum absolute atomic E-state index is 12.2. The summed E-state index contributed by atoms with van der Waals surface area (Å²) in [7, 11) is 1.23. The van der Waals surface area contributed by atoms with Crippen molar-refractivity contribution in [2.45, 2.75) is 122 Å². The second-order valence-corrected chi connectivity index (χ2v) is 12.9. The fourth-order valence-corrected chi connectivity index (χ4v) is 4.57. The van der Waals surface area contributed by atoms with Crippen LogP contribution in [0.25, 0.3) is 0 Å². The molecule has 2 N–H and O–H groups in total. The standard InChI is InChI=1S/C30H59N2O6P/c1-6-8-10-11-12-13-14-15-16-17-18-19-20-21-22-23-29(33)28(31-30(34)24-9-7-2)27-38-39(35,36)37-26-25-32(3,4)5/h18-19,22-23,28-29,33H,6-17,20-21,24-27H2,1-5H3,(H-,31,34,35,36)/b19-18+,23-22+. The molecule has 0 aliphatic rings. The SMILES string of the molecule is CCCCCCCCCCC/C=C/CC/C=C/C(O)C(COP(=O)([O-])OCC[N+](C)(C)C)NC(=O)CCCC. The van der Waals surface area contributed by atoms with Crippen LogP contribution in [0.1, 0.15) is 110 Å². The molecule has 39 heavy (non-hydrogen) atoms. The first-order valence-electron chi connectivity index (χ1n) is 15.2. The number of phosphoric ester groups is 1. The predicted molar refractivity (Wildman–Crippen MR) is 159 cm³/mol. The van der Waals surface area contributed by atoms with E-state index in [1.165, 1.54) is 57.8 Å². The van der Waals surface area contributed by atoms with Crippen molar-refractivity contribution < 1.29 is 32.9 Å².